The number of amides is 1. The fourth-order valence-electron chi connectivity index (χ4n) is 3.08. The lowest BCUT2D eigenvalue weighted by molar-refractivity contribution is 0.0402. The molecule has 0 bridgehead atoms. The molecule has 2 unspecified atom stereocenters. The number of nitrogens with one attached hydrogen (secondary N) is 1. The molecule has 2 aromatic rings. The Morgan fingerprint density at radius 3 is 2.56 bits per heavy atom. The lowest BCUT2D eigenvalue weighted by Gasteiger charge is -2.38. The van der Waals surface area contributed by atoms with Gasteiger partial charge in [0.05, 0.1) is 17.8 Å². The summed E-state index contributed by atoms with van der Waals surface area (Å²) in [6, 6.07) is 5.31. The Kier molecular flexibility index (Phi) is 5.22. The molecule has 4 N–H and O–H groups in total. The number of hydrogen-bond acceptors (Lipinski definition) is 7. The van der Waals surface area contributed by atoms with Crippen molar-refractivity contribution >= 4 is 17.5 Å². The molecule has 1 aromatic carbocycles. The molecule has 1 fully saturated rings. The summed E-state index contributed by atoms with van der Waals surface area (Å²) in [6.07, 6.45) is 2.57. The second kappa shape index (κ2) is 7.43. The molecule has 1 aliphatic heterocycles. The molecule has 0 spiro atoms. The lowest BCUT2D eigenvalue weighted by Crippen LogP contribution is -2.54. The van der Waals surface area contributed by atoms with Gasteiger partial charge in [0, 0.05) is 24.5 Å². The maximum Gasteiger partial charge on any atom is 0.407 e. The van der Waals surface area contributed by atoms with Gasteiger partial charge in [-0.3, -0.25) is 4.57 Å². The van der Waals surface area contributed by atoms with E-state index in [2.05, 4.69) is 15.5 Å². The SMILES string of the molecule is CC(C)(C)OC(=O)NC1CCN(c2cc(N)cc(-n3cnnc3)c2)CC1O. The van der Waals surface area contributed by atoms with Crippen molar-refractivity contribution in [2.75, 3.05) is 23.7 Å². The predicted octanol–water partition coefficient (Wildman–Crippen LogP) is 1.31. The van der Waals surface area contributed by atoms with Crippen LogP contribution in [0.4, 0.5) is 16.2 Å². The molecule has 146 valence electrons. The first-order valence-electron chi connectivity index (χ1n) is 8.89. The van der Waals surface area contributed by atoms with Crippen LogP contribution in [-0.4, -0.2) is 56.8 Å². The number of ether oxygens (including phenoxy) is 1. The van der Waals surface area contributed by atoms with Crippen LogP contribution in [0.2, 0.25) is 0 Å². The van der Waals surface area contributed by atoms with Crippen LogP contribution in [0.5, 0.6) is 0 Å². The Morgan fingerprint density at radius 1 is 1.26 bits per heavy atom. The van der Waals surface area contributed by atoms with Crippen molar-refractivity contribution < 1.29 is 14.6 Å². The van der Waals surface area contributed by atoms with E-state index in [-0.39, 0.29) is 6.04 Å². The summed E-state index contributed by atoms with van der Waals surface area (Å²) in [5.41, 5.74) is 7.82. The number of rotatable bonds is 3. The molecule has 2 heterocycles. The molecular weight excluding hydrogens is 348 g/mol. The number of nitrogens with two attached hydrogens (primary N) is 1. The van der Waals surface area contributed by atoms with E-state index in [1.807, 2.05) is 23.1 Å². The summed E-state index contributed by atoms with van der Waals surface area (Å²) in [7, 11) is 0. The smallest absolute Gasteiger partial charge is 0.407 e. The monoisotopic (exact) mass is 374 g/mol. The Morgan fingerprint density at radius 2 is 1.93 bits per heavy atom. The zero-order valence-electron chi connectivity index (χ0n) is 15.8. The summed E-state index contributed by atoms with van der Waals surface area (Å²) in [4.78, 5) is 14.0. The maximum absolute atomic E-state index is 12.0. The van der Waals surface area contributed by atoms with E-state index in [0.717, 1.165) is 11.4 Å². The molecule has 0 aliphatic carbocycles. The number of aromatic nitrogens is 3. The largest absolute Gasteiger partial charge is 0.444 e. The van der Waals surface area contributed by atoms with Crippen LogP contribution in [0.3, 0.4) is 0 Å². The van der Waals surface area contributed by atoms with Crippen molar-refractivity contribution in [3.05, 3.63) is 30.9 Å². The van der Waals surface area contributed by atoms with Gasteiger partial charge >= 0.3 is 6.09 Å². The molecule has 1 saturated heterocycles. The van der Waals surface area contributed by atoms with Gasteiger partial charge in [0.1, 0.15) is 18.3 Å². The summed E-state index contributed by atoms with van der Waals surface area (Å²) < 4.78 is 7.04. The quantitative estimate of drug-likeness (QED) is 0.693. The summed E-state index contributed by atoms with van der Waals surface area (Å²) in [5, 5.41) is 20.9. The van der Waals surface area contributed by atoms with Gasteiger partial charge in [-0.2, -0.15) is 0 Å². The fourth-order valence-corrected chi connectivity index (χ4v) is 3.08. The number of hydrogen-bond donors (Lipinski definition) is 3. The molecule has 1 aliphatic rings. The number of alkyl carbamates (subject to hydrolysis) is 1. The van der Waals surface area contributed by atoms with Gasteiger partial charge in [-0.25, -0.2) is 4.79 Å². The number of carbonyl (C=O) groups is 1. The first-order chi connectivity index (χ1) is 12.7. The zero-order valence-corrected chi connectivity index (χ0v) is 15.8. The Hall–Kier alpha value is -2.81. The minimum atomic E-state index is -0.717. The highest BCUT2D eigenvalue weighted by molar-refractivity contribution is 5.68. The third-order valence-corrected chi connectivity index (χ3v) is 4.29. The maximum atomic E-state index is 12.0. The van der Waals surface area contributed by atoms with Crippen LogP contribution in [-0.2, 0) is 4.74 Å². The van der Waals surface area contributed by atoms with Gasteiger partial charge in [0.2, 0.25) is 0 Å². The van der Waals surface area contributed by atoms with Crippen molar-refractivity contribution in [2.45, 2.75) is 44.9 Å². The van der Waals surface area contributed by atoms with Crippen molar-refractivity contribution in [3.8, 4) is 5.69 Å². The molecule has 0 saturated carbocycles. The van der Waals surface area contributed by atoms with E-state index in [1.54, 1.807) is 38.0 Å². The van der Waals surface area contributed by atoms with Crippen molar-refractivity contribution in [2.24, 2.45) is 0 Å². The van der Waals surface area contributed by atoms with Crippen LogP contribution >= 0.6 is 0 Å². The number of aliphatic hydroxyl groups excluding tert-OH is 1. The number of piperidine rings is 1. The summed E-state index contributed by atoms with van der Waals surface area (Å²) in [5.74, 6) is 0. The first-order valence-corrected chi connectivity index (χ1v) is 8.89. The van der Waals surface area contributed by atoms with E-state index in [0.29, 0.717) is 25.2 Å². The average molecular weight is 374 g/mol. The first kappa shape index (κ1) is 19.0. The standard InChI is InChI=1S/C18H26N6O3/c1-18(2,3)27-17(26)22-15-4-5-23(9-16(15)25)13-6-12(19)7-14(8-13)24-10-20-21-11-24/h6-8,10-11,15-16,25H,4-5,9,19H2,1-3H3,(H,22,26). The molecular formula is C18H26N6O3. The van der Waals surface area contributed by atoms with Gasteiger partial charge in [-0.15, -0.1) is 10.2 Å². The highest BCUT2D eigenvalue weighted by atomic mass is 16.6. The molecule has 9 nitrogen and oxygen atoms in total. The van der Waals surface area contributed by atoms with Crippen LogP contribution in [0, 0.1) is 0 Å². The van der Waals surface area contributed by atoms with E-state index >= 15 is 0 Å². The molecule has 9 heteroatoms. The van der Waals surface area contributed by atoms with E-state index in [9.17, 15) is 9.90 Å². The van der Waals surface area contributed by atoms with Crippen molar-refractivity contribution in [1.82, 2.24) is 20.1 Å². The number of nitrogen functional groups attached to an aromatic ring is 1. The van der Waals surface area contributed by atoms with Crippen molar-refractivity contribution in [3.63, 3.8) is 0 Å². The third kappa shape index (κ3) is 4.88. The number of anilines is 2. The normalized spacial score (nSPS) is 20.4. The predicted molar refractivity (Wildman–Crippen MR) is 102 cm³/mol. The van der Waals surface area contributed by atoms with Crippen molar-refractivity contribution in [1.29, 1.82) is 0 Å². The second-order valence-electron chi connectivity index (χ2n) is 7.71. The zero-order chi connectivity index (χ0) is 19.6. The van der Waals surface area contributed by atoms with Crippen LogP contribution in [0.25, 0.3) is 5.69 Å². The van der Waals surface area contributed by atoms with Gasteiger partial charge in [0.15, 0.2) is 0 Å². The molecule has 27 heavy (non-hydrogen) atoms. The number of benzene rings is 1. The Balaban J connectivity index is 1.67. The summed E-state index contributed by atoms with van der Waals surface area (Å²) >= 11 is 0. The van der Waals surface area contributed by atoms with Crippen LogP contribution < -0.4 is 16.0 Å². The van der Waals surface area contributed by atoms with Gasteiger partial charge < -0.3 is 25.8 Å². The molecule has 2 atom stereocenters. The van der Waals surface area contributed by atoms with Gasteiger partial charge in [-0.05, 0) is 45.4 Å². The highest BCUT2D eigenvalue weighted by Crippen LogP contribution is 2.26. The van der Waals surface area contributed by atoms with Gasteiger partial charge in [0.25, 0.3) is 0 Å². The molecule has 1 amide bonds. The number of carbonyl (C=O) groups excluding carboxylic acids is 1. The average Bonchev–Trinajstić information content (AvgIpc) is 3.09. The minimum Gasteiger partial charge on any atom is -0.444 e. The molecule has 1 aromatic heterocycles. The Labute approximate surface area is 158 Å². The number of aliphatic hydroxyl groups is 1. The minimum absolute atomic E-state index is 0.352. The van der Waals surface area contributed by atoms with Crippen LogP contribution in [0.1, 0.15) is 27.2 Å². The van der Waals surface area contributed by atoms with E-state index < -0.39 is 17.8 Å². The van der Waals surface area contributed by atoms with Crippen LogP contribution in [0.15, 0.2) is 30.9 Å². The second-order valence-corrected chi connectivity index (χ2v) is 7.71. The highest BCUT2D eigenvalue weighted by Gasteiger charge is 2.30. The number of nitrogens with zero attached hydrogens (tertiary/aromatic N) is 4. The number of β-amino-alcohol motifs (C(OH)–C–C–N with tert-alkyl or cyclic N) is 1. The topological polar surface area (TPSA) is 119 Å². The third-order valence-electron chi connectivity index (χ3n) is 4.29. The summed E-state index contributed by atoms with van der Waals surface area (Å²) in [6.45, 7) is 6.46. The Bertz CT molecular complexity index is 787. The molecule has 0 radical (unpaired) electrons. The van der Waals surface area contributed by atoms with Gasteiger partial charge in [-0.1, -0.05) is 0 Å². The lowest BCUT2D eigenvalue weighted by atomic mass is 10.0. The fraction of sp³-hybridized carbons (Fsp3) is 0.500. The van der Waals surface area contributed by atoms with E-state index in [4.69, 9.17) is 10.5 Å². The van der Waals surface area contributed by atoms with E-state index in [1.165, 1.54) is 0 Å². The molecule has 3 rings (SSSR count).